The van der Waals surface area contributed by atoms with Gasteiger partial charge in [-0.3, -0.25) is 19.7 Å². The molecule has 154 valence electrons. The summed E-state index contributed by atoms with van der Waals surface area (Å²) in [4.78, 5) is 40.9. The largest absolute Gasteiger partial charge is 0.332 e. The molecule has 3 aromatic rings. The van der Waals surface area contributed by atoms with Gasteiger partial charge in [0.1, 0.15) is 18.3 Å². The van der Waals surface area contributed by atoms with Crippen LogP contribution in [0.1, 0.15) is 22.8 Å². The number of rotatable bonds is 7. The molecule has 0 radical (unpaired) electrons. The van der Waals surface area contributed by atoms with Gasteiger partial charge in [0, 0.05) is 24.4 Å². The third-order valence-electron chi connectivity index (χ3n) is 4.48. The van der Waals surface area contributed by atoms with Crippen LogP contribution in [0, 0.1) is 10.1 Å². The molecule has 0 aliphatic heterocycles. The second-order valence-corrected chi connectivity index (χ2v) is 6.52. The van der Waals surface area contributed by atoms with Crippen molar-refractivity contribution in [3.8, 4) is 5.69 Å². The molecule has 0 saturated heterocycles. The zero-order chi connectivity index (χ0) is 21.7. The number of benzene rings is 2. The van der Waals surface area contributed by atoms with E-state index < -0.39 is 10.8 Å². The van der Waals surface area contributed by atoms with Gasteiger partial charge in [-0.15, -0.1) is 0 Å². The number of hydrogen-bond donors (Lipinski definition) is 1. The number of likely N-dealkylation sites (N-methyl/N-ethyl adjacent to an activating group) is 1. The number of carbonyl (C=O) groups excluding carboxylic acids is 2. The number of nitrogens with one attached hydrogen (secondary N) is 1. The molecule has 0 spiro atoms. The maximum atomic E-state index is 12.7. The van der Waals surface area contributed by atoms with Gasteiger partial charge >= 0.3 is 0 Å². The van der Waals surface area contributed by atoms with Gasteiger partial charge in [0.15, 0.2) is 0 Å². The predicted molar refractivity (Wildman–Crippen MR) is 109 cm³/mol. The van der Waals surface area contributed by atoms with Gasteiger partial charge < -0.3 is 10.2 Å². The first-order valence-electron chi connectivity index (χ1n) is 9.17. The summed E-state index contributed by atoms with van der Waals surface area (Å²) in [7, 11) is 1.46. The fourth-order valence-corrected chi connectivity index (χ4v) is 2.98. The lowest BCUT2D eigenvalue weighted by Gasteiger charge is -2.18. The number of nitrogens with zero attached hydrogens (tertiary/aromatic N) is 5. The van der Waals surface area contributed by atoms with E-state index in [9.17, 15) is 19.7 Å². The minimum Gasteiger partial charge on any atom is -0.332 e. The van der Waals surface area contributed by atoms with E-state index in [0.717, 1.165) is 12.0 Å². The van der Waals surface area contributed by atoms with Gasteiger partial charge in [0.05, 0.1) is 11.5 Å². The molecule has 10 nitrogen and oxygen atoms in total. The monoisotopic (exact) mass is 408 g/mol. The van der Waals surface area contributed by atoms with Crippen molar-refractivity contribution in [3.05, 3.63) is 76.4 Å². The molecule has 0 aliphatic rings. The van der Waals surface area contributed by atoms with Crippen LogP contribution < -0.4 is 5.32 Å². The Hall–Kier alpha value is -4.08. The van der Waals surface area contributed by atoms with Crippen molar-refractivity contribution in [2.24, 2.45) is 0 Å². The van der Waals surface area contributed by atoms with Crippen LogP contribution in [0.15, 0.2) is 55.1 Å². The minimum atomic E-state index is -0.595. The van der Waals surface area contributed by atoms with E-state index in [2.05, 4.69) is 15.4 Å². The highest BCUT2D eigenvalue weighted by Crippen LogP contribution is 2.24. The third-order valence-corrected chi connectivity index (χ3v) is 4.48. The maximum Gasteiger partial charge on any atom is 0.295 e. The van der Waals surface area contributed by atoms with Crippen molar-refractivity contribution >= 4 is 23.2 Å². The summed E-state index contributed by atoms with van der Waals surface area (Å²) >= 11 is 0. The van der Waals surface area contributed by atoms with Crippen molar-refractivity contribution in [2.75, 3.05) is 18.9 Å². The molecule has 0 saturated carbocycles. The fraction of sp³-hybridized carbons (Fsp3) is 0.200. The molecule has 2 amide bonds. The topological polar surface area (TPSA) is 123 Å². The molecule has 0 unspecified atom stereocenters. The van der Waals surface area contributed by atoms with E-state index in [0.29, 0.717) is 5.69 Å². The van der Waals surface area contributed by atoms with Crippen LogP contribution >= 0.6 is 0 Å². The third kappa shape index (κ3) is 4.49. The lowest BCUT2D eigenvalue weighted by Crippen LogP contribution is -2.35. The Morgan fingerprint density at radius 1 is 1.23 bits per heavy atom. The summed E-state index contributed by atoms with van der Waals surface area (Å²) < 4.78 is 1.24. The Kier molecular flexibility index (Phi) is 6.16. The number of hydrogen-bond acceptors (Lipinski definition) is 6. The second-order valence-electron chi connectivity index (χ2n) is 6.52. The Bertz CT molecular complexity index is 1080. The van der Waals surface area contributed by atoms with E-state index in [1.54, 1.807) is 6.07 Å². The van der Waals surface area contributed by atoms with Crippen molar-refractivity contribution in [1.82, 2.24) is 19.7 Å². The van der Waals surface area contributed by atoms with Crippen molar-refractivity contribution in [2.45, 2.75) is 13.3 Å². The molecule has 1 heterocycles. The van der Waals surface area contributed by atoms with Gasteiger partial charge in [-0.1, -0.05) is 25.1 Å². The number of aromatic nitrogens is 3. The standard InChI is InChI=1S/C20H20N6O4/c1-3-14-6-4-5-7-16(14)23-19(27)11-24(2)20(28)15-8-9-17(18(10-15)26(29)30)25-13-21-12-22-25/h4-10,12-13H,3,11H2,1-2H3,(H,23,27). The Labute approximate surface area is 172 Å². The molecule has 0 bridgehead atoms. The van der Waals surface area contributed by atoms with E-state index in [1.165, 1.54) is 47.5 Å². The quantitative estimate of drug-likeness (QED) is 0.473. The molecule has 1 N–H and O–H groups in total. The zero-order valence-corrected chi connectivity index (χ0v) is 16.5. The molecule has 0 fully saturated rings. The lowest BCUT2D eigenvalue weighted by molar-refractivity contribution is -0.384. The van der Waals surface area contributed by atoms with E-state index in [1.807, 2.05) is 25.1 Å². The summed E-state index contributed by atoms with van der Waals surface area (Å²) in [5.74, 6) is -0.873. The van der Waals surface area contributed by atoms with Crippen LogP contribution in [-0.4, -0.2) is 50.0 Å². The van der Waals surface area contributed by atoms with Crippen LogP contribution in [0.3, 0.4) is 0 Å². The van der Waals surface area contributed by atoms with Gasteiger partial charge in [0.2, 0.25) is 5.91 Å². The fourth-order valence-electron chi connectivity index (χ4n) is 2.98. The van der Waals surface area contributed by atoms with Crippen LogP contribution in [0.2, 0.25) is 0 Å². The van der Waals surface area contributed by atoms with Crippen LogP contribution in [0.4, 0.5) is 11.4 Å². The Morgan fingerprint density at radius 3 is 2.67 bits per heavy atom. The molecule has 10 heteroatoms. The van der Waals surface area contributed by atoms with Crippen molar-refractivity contribution in [3.63, 3.8) is 0 Å². The molecule has 0 aliphatic carbocycles. The van der Waals surface area contributed by atoms with E-state index >= 15 is 0 Å². The SMILES string of the molecule is CCc1ccccc1NC(=O)CN(C)C(=O)c1ccc(-n2cncn2)c([N+](=O)[O-])c1. The summed E-state index contributed by atoms with van der Waals surface area (Å²) in [5.41, 5.74) is 1.67. The van der Waals surface area contributed by atoms with Gasteiger partial charge in [-0.05, 0) is 30.2 Å². The number of anilines is 1. The molecular weight excluding hydrogens is 388 g/mol. The van der Waals surface area contributed by atoms with Crippen LogP contribution in [0.5, 0.6) is 0 Å². The number of para-hydroxylation sites is 1. The smallest absolute Gasteiger partial charge is 0.295 e. The number of carbonyl (C=O) groups is 2. The normalized spacial score (nSPS) is 10.5. The predicted octanol–water partition coefficient (Wildman–Crippen LogP) is 2.45. The summed E-state index contributed by atoms with van der Waals surface area (Å²) in [6, 6.07) is 11.5. The highest BCUT2D eigenvalue weighted by Gasteiger charge is 2.22. The second kappa shape index (κ2) is 8.95. The molecule has 30 heavy (non-hydrogen) atoms. The number of aryl methyl sites for hydroxylation is 1. The first-order chi connectivity index (χ1) is 14.4. The average molecular weight is 408 g/mol. The van der Waals surface area contributed by atoms with Gasteiger partial charge in [0.25, 0.3) is 11.6 Å². The van der Waals surface area contributed by atoms with Gasteiger partial charge in [-0.25, -0.2) is 9.67 Å². The summed E-state index contributed by atoms with van der Waals surface area (Å²) in [5, 5.41) is 18.1. The van der Waals surface area contributed by atoms with Crippen LogP contribution in [0.25, 0.3) is 5.69 Å². The number of nitro benzene ring substituents is 1. The van der Waals surface area contributed by atoms with E-state index in [-0.39, 0.29) is 29.4 Å². The summed E-state index contributed by atoms with van der Waals surface area (Å²) in [6.07, 6.45) is 3.34. The first kappa shape index (κ1) is 20.6. The number of amides is 2. The first-order valence-corrected chi connectivity index (χ1v) is 9.17. The van der Waals surface area contributed by atoms with Crippen LogP contribution in [-0.2, 0) is 11.2 Å². The highest BCUT2D eigenvalue weighted by atomic mass is 16.6. The van der Waals surface area contributed by atoms with E-state index in [4.69, 9.17) is 0 Å². The maximum absolute atomic E-state index is 12.7. The van der Waals surface area contributed by atoms with Crippen molar-refractivity contribution in [1.29, 1.82) is 0 Å². The average Bonchev–Trinajstić information content (AvgIpc) is 3.27. The Balaban J connectivity index is 1.75. The Morgan fingerprint density at radius 2 is 2.00 bits per heavy atom. The highest BCUT2D eigenvalue weighted by molar-refractivity contribution is 6.00. The molecule has 3 rings (SSSR count). The molecule has 2 aromatic carbocycles. The number of nitro groups is 1. The molecule has 1 aromatic heterocycles. The zero-order valence-electron chi connectivity index (χ0n) is 16.5. The molecule has 0 atom stereocenters. The van der Waals surface area contributed by atoms with Crippen molar-refractivity contribution < 1.29 is 14.5 Å². The van der Waals surface area contributed by atoms with Gasteiger partial charge in [-0.2, -0.15) is 5.10 Å². The molecular formula is C20H20N6O4. The minimum absolute atomic E-state index is 0.0924. The summed E-state index contributed by atoms with van der Waals surface area (Å²) in [6.45, 7) is 1.78. The lowest BCUT2D eigenvalue weighted by atomic mass is 10.1.